The SMILES string of the molecule is Cc1cc(-c2cc(C(=O)Nc3ccc(S(C)(=O)=O)cc3)c3cnn(C(C)C)c3n2)c(C)s1. The van der Waals surface area contributed by atoms with Crippen molar-refractivity contribution in [1.82, 2.24) is 14.8 Å². The lowest BCUT2D eigenvalue weighted by molar-refractivity contribution is 0.102. The van der Waals surface area contributed by atoms with Crippen LogP contribution in [-0.4, -0.2) is 35.3 Å². The first-order chi connectivity index (χ1) is 15.0. The molecular weight excluding hydrogens is 444 g/mol. The highest BCUT2D eigenvalue weighted by Gasteiger charge is 2.20. The van der Waals surface area contributed by atoms with Crippen LogP contribution in [0.2, 0.25) is 0 Å². The Kier molecular flexibility index (Phi) is 5.64. The highest BCUT2D eigenvalue weighted by atomic mass is 32.2. The second-order valence-electron chi connectivity index (χ2n) is 8.05. The fourth-order valence-corrected chi connectivity index (χ4v) is 5.15. The number of nitrogens with zero attached hydrogens (tertiary/aromatic N) is 3. The molecule has 0 aliphatic heterocycles. The Hall–Kier alpha value is -3.04. The first-order valence-electron chi connectivity index (χ1n) is 10.1. The lowest BCUT2D eigenvalue weighted by Gasteiger charge is -2.11. The third-order valence-corrected chi connectivity index (χ3v) is 7.25. The number of benzene rings is 1. The van der Waals surface area contributed by atoms with Gasteiger partial charge in [0, 0.05) is 33.3 Å². The molecule has 3 heterocycles. The Balaban J connectivity index is 1.80. The number of sulfone groups is 1. The van der Waals surface area contributed by atoms with E-state index in [0.29, 0.717) is 22.3 Å². The molecule has 1 N–H and O–H groups in total. The van der Waals surface area contributed by atoms with E-state index >= 15 is 0 Å². The van der Waals surface area contributed by atoms with E-state index in [4.69, 9.17) is 4.98 Å². The van der Waals surface area contributed by atoms with Crippen LogP contribution in [0.3, 0.4) is 0 Å². The van der Waals surface area contributed by atoms with Crippen LogP contribution in [-0.2, 0) is 9.84 Å². The minimum absolute atomic E-state index is 0.0833. The largest absolute Gasteiger partial charge is 0.322 e. The molecular formula is C23H24N4O3S2. The summed E-state index contributed by atoms with van der Waals surface area (Å²) >= 11 is 1.69. The maximum atomic E-state index is 13.3. The lowest BCUT2D eigenvalue weighted by Crippen LogP contribution is -2.13. The number of carbonyl (C=O) groups excluding carboxylic acids is 1. The summed E-state index contributed by atoms with van der Waals surface area (Å²) in [4.78, 5) is 20.6. The number of aryl methyl sites for hydroxylation is 2. The molecule has 3 aromatic heterocycles. The average Bonchev–Trinajstić information content (AvgIpc) is 3.29. The number of thiophene rings is 1. The van der Waals surface area contributed by atoms with Crippen molar-refractivity contribution in [3.63, 3.8) is 0 Å². The Morgan fingerprint density at radius 3 is 2.38 bits per heavy atom. The van der Waals surface area contributed by atoms with Gasteiger partial charge in [0.05, 0.1) is 27.7 Å². The summed E-state index contributed by atoms with van der Waals surface area (Å²) in [6.07, 6.45) is 2.82. The maximum Gasteiger partial charge on any atom is 0.256 e. The van der Waals surface area contributed by atoms with Gasteiger partial charge in [-0.1, -0.05) is 0 Å². The molecule has 0 radical (unpaired) electrons. The topological polar surface area (TPSA) is 94.0 Å². The zero-order valence-electron chi connectivity index (χ0n) is 18.5. The molecule has 0 aliphatic carbocycles. The Morgan fingerprint density at radius 1 is 1.12 bits per heavy atom. The van der Waals surface area contributed by atoms with Crippen molar-refractivity contribution in [2.75, 3.05) is 11.6 Å². The molecule has 1 aromatic carbocycles. The van der Waals surface area contributed by atoms with E-state index in [2.05, 4.69) is 16.5 Å². The molecule has 7 nitrogen and oxygen atoms in total. The maximum absolute atomic E-state index is 13.3. The standard InChI is InChI=1S/C23H24N4O3S2/c1-13(2)27-22-20(12-24-27)19(11-21(26-22)18-10-14(3)31-15(18)4)23(28)25-16-6-8-17(9-7-16)32(5,29)30/h6-13H,1-5H3,(H,25,28). The quantitative estimate of drug-likeness (QED) is 0.444. The molecule has 0 spiro atoms. The number of hydrogen-bond acceptors (Lipinski definition) is 6. The molecule has 0 saturated heterocycles. The first-order valence-corrected chi connectivity index (χ1v) is 12.8. The van der Waals surface area contributed by atoms with Gasteiger partial charge in [-0.3, -0.25) is 4.79 Å². The van der Waals surface area contributed by atoms with E-state index in [-0.39, 0.29) is 16.8 Å². The molecule has 0 unspecified atom stereocenters. The molecule has 32 heavy (non-hydrogen) atoms. The summed E-state index contributed by atoms with van der Waals surface area (Å²) in [6, 6.07) is 10.1. The summed E-state index contributed by atoms with van der Waals surface area (Å²) in [5.74, 6) is -0.307. The number of rotatable bonds is 5. The summed E-state index contributed by atoms with van der Waals surface area (Å²) in [5.41, 5.74) is 3.34. The molecule has 0 atom stereocenters. The summed E-state index contributed by atoms with van der Waals surface area (Å²) < 4.78 is 25.2. The zero-order chi connectivity index (χ0) is 23.2. The molecule has 4 rings (SSSR count). The van der Waals surface area contributed by atoms with E-state index in [0.717, 1.165) is 22.4 Å². The molecule has 1 amide bonds. The number of nitrogens with one attached hydrogen (secondary N) is 1. The van der Waals surface area contributed by atoms with Crippen molar-refractivity contribution < 1.29 is 13.2 Å². The predicted molar refractivity (Wildman–Crippen MR) is 128 cm³/mol. The second-order valence-corrected chi connectivity index (χ2v) is 11.5. The van der Waals surface area contributed by atoms with Gasteiger partial charge < -0.3 is 5.32 Å². The molecule has 166 valence electrons. The van der Waals surface area contributed by atoms with Crippen molar-refractivity contribution in [2.24, 2.45) is 0 Å². The van der Waals surface area contributed by atoms with Gasteiger partial charge in [0.15, 0.2) is 15.5 Å². The van der Waals surface area contributed by atoms with Gasteiger partial charge in [-0.05, 0) is 64.1 Å². The minimum Gasteiger partial charge on any atom is -0.322 e. The Labute approximate surface area is 191 Å². The predicted octanol–water partition coefficient (Wildman–Crippen LogP) is 5.01. The van der Waals surface area contributed by atoms with Gasteiger partial charge in [0.25, 0.3) is 5.91 Å². The lowest BCUT2D eigenvalue weighted by atomic mass is 10.1. The van der Waals surface area contributed by atoms with E-state index in [1.54, 1.807) is 35.7 Å². The van der Waals surface area contributed by atoms with Gasteiger partial charge in [-0.2, -0.15) is 5.10 Å². The fourth-order valence-electron chi connectivity index (χ4n) is 3.59. The number of hydrogen-bond donors (Lipinski definition) is 1. The summed E-state index contributed by atoms with van der Waals surface area (Å²) in [7, 11) is -3.30. The van der Waals surface area contributed by atoms with Gasteiger partial charge in [-0.15, -0.1) is 11.3 Å². The van der Waals surface area contributed by atoms with Gasteiger partial charge in [-0.25, -0.2) is 18.1 Å². The van der Waals surface area contributed by atoms with Gasteiger partial charge >= 0.3 is 0 Å². The number of amides is 1. The second kappa shape index (κ2) is 8.14. The van der Waals surface area contributed by atoms with Crippen molar-refractivity contribution in [2.45, 2.75) is 38.6 Å². The van der Waals surface area contributed by atoms with Crippen molar-refractivity contribution in [3.8, 4) is 11.3 Å². The Morgan fingerprint density at radius 2 is 1.81 bits per heavy atom. The molecule has 0 aliphatic rings. The van der Waals surface area contributed by atoms with E-state index in [1.165, 1.54) is 17.0 Å². The fraction of sp³-hybridized carbons (Fsp3) is 0.261. The number of aromatic nitrogens is 3. The van der Waals surface area contributed by atoms with Crippen LogP contribution in [0.5, 0.6) is 0 Å². The monoisotopic (exact) mass is 468 g/mol. The zero-order valence-corrected chi connectivity index (χ0v) is 20.1. The molecule has 9 heteroatoms. The van der Waals surface area contributed by atoms with Crippen LogP contribution >= 0.6 is 11.3 Å². The van der Waals surface area contributed by atoms with Crippen molar-refractivity contribution >= 4 is 43.8 Å². The van der Waals surface area contributed by atoms with Crippen molar-refractivity contribution in [1.29, 1.82) is 0 Å². The van der Waals surface area contributed by atoms with Crippen LogP contribution in [0, 0.1) is 13.8 Å². The molecule has 0 fully saturated rings. The third kappa shape index (κ3) is 4.18. The highest BCUT2D eigenvalue weighted by Crippen LogP contribution is 2.32. The van der Waals surface area contributed by atoms with E-state index in [9.17, 15) is 13.2 Å². The highest BCUT2D eigenvalue weighted by molar-refractivity contribution is 7.90. The molecule has 0 saturated carbocycles. The minimum atomic E-state index is -3.30. The number of anilines is 1. The summed E-state index contributed by atoms with van der Waals surface area (Å²) in [5, 5.41) is 7.99. The van der Waals surface area contributed by atoms with Crippen LogP contribution in [0.1, 0.15) is 40.0 Å². The third-order valence-electron chi connectivity index (χ3n) is 5.16. The van der Waals surface area contributed by atoms with Crippen LogP contribution in [0.4, 0.5) is 5.69 Å². The van der Waals surface area contributed by atoms with E-state index < -0.39 is 9.84 Å². The van der Waals surface area contributed by atoms with Crippen LogP contribution in [0.25, 0.3) is 22.3 Å². The van der Waals surface area contributed by atoms with Crippen LogP contribution in [0.15, 0.2) is 47.5 Å². The van der Waals surface area contributed by atoms with E-state index in [1.807, 2.05) is 32.4 Å². The summed E-state index contributed by atoms with van der Waals surface area (Å²) in [6.45, 7) is 8.13. The number of carbonyl (C=O) groups is 1. The van der Waals surface area contributed by atoms with Gasteiger partial charge in [0.2, 0.25) is 0 Å². The molecule has 0 bridgehead atoms. The Bertz CT molecular complexity index is 1430. The number of fused-ring (bicyclic) bond motifs is 1. The average molecular weight is 469 g/mol. The van der Waals surface area contributed by atoms with Crippen molar-refractivity contribution in [3.05, 3.63) is 57.9 Å². The smallest absolute Gasteiger partial charge is 0.256 e. The normalized spacial score (nSPS) is 11.9. The molecule has 4 aromatic rings. The van der Waals surface area contributed by atoms with Gasteiger partial charge in [0.1, 0.15) is 0 Å². The van der Waals surface area contributed by atoms with Crippen LogP contribution < -0.4 is 5.32 Å². The number of pyridine rings is 1. The first kappa shape index (κ1) is 22.2.